The maximum atomic E-state index is 12.7. The molecule has 0 fully saturated rings. The Morgan fingerprint density at radius 2 is 1.95 bits per heavy atom. The quantitative estimate of drug-likeness (QED) is 0.859. The van der Waals surface area contributed by atoms with Crippen LogP contribution in [0.1, 0.15) is 31.4 Å². The number of nitrogens with two attached hydrogens (primary N) is 1. The molecule has 0 amide bonds. The second-order valence-corrected chi connectivity index (χ2v) is 7.16. The van der Waals surface area contributed by atoms with Gasteiger partial charge >= 0.3 is 0 Å². The van der Waals surface area contributed by atoms with E-state index in [1.165, 1.54) is 4.31 Å². The summed E-state index contributed by atoms with van der Waals surface area (Å²) >= 11 is 3.40. The lowest BCUT2D eigenvalue weighted by molar-refractivity contribution is 0.426. The van der Waals surface area contributed by atoms with Gasteiger partial charge in [-0.25, -0.2) is 8.42 Å². The van der Waals surface area contributed by atoms with Crippen LogP contribution in [0.5, 0.6) is 0 Å². The van der Waals surface area contributed by atoms with Gasteiger partial charge < -0.3 is 5.73 Å². The van der Waals surface area contributed by atoms with Crippen LogP contribution in [0.2, 0.25) is 0 Å². The normalized spacial score (nSPS) is 12.1. The van der Waals surface area contributed by atoms with Crippen molar-refractivity contribution >= 4 is 26.0 Å². The molecule has 0 atom stereocenters. The van der Waals surface area contributed by atoms with Gasteiger partial charge in [0.2, 0.25) is 10.0 Å². The van der Waals surface area contributed by atoms with Gasteiger partial charge in [0.15, 0.2) is 0 Å². The van der Waals surface area contributed by atoms with E-state index in [0.717, 1.165) is 22.0 Å². The Morgan fingerprint density at radius 3 is 2.42 bits per heavy atom. The molecule has 0 aliphatic carbocycles. The van der Waals surface area contributed by atoms with Crippen LogP contribution >= 0.6 is 15.9 Å². The molecule has 2 N–H and O–H groups in total. The molecule has 1 rings (SSSR count). The molecule has 0 heterocycles. The molecule has 0 bridgehead atoms. The number of sulfonamides is 1. The third kappa shape index (κ3) is 3.56. The number of nitrogens with zero attached hydrogens (tertiary/aromatic N) is 1. The summed E-state index contributed by atoms with van der Waals surface area (Å²) in [5, 5.41) is 0. The van der Waals surface area contributed by atoms with Gasteiger partial charge in [0, 0.05) is 24.1 Å². The first kappa shape index (κ1) is 16.6. The van der Waals surface area contributed by atoms with E-state index in [-0.39, 0.29) is 0 Å². The van der Waals surface area contributed by atoms with Crippen LogP contribution in [-0.4, -0.2) is 25.8 Å². The third-order valence-corrected chi connectivity index (χ3v) is 5.96. The monoisotopic (exact) mass is 348 g/mol. The van der Waals surface area contributed by atoms with Crippen LogP contribution in [0.3, 0.4) is 0 Å². The molecule has 0 spiro atoms. The molecule has 108 valence electrons. The zero-order chi connectivity index (χ0) is 14.6. The molecule has 6 heteroatoms. The van der Waals surface area contributed by atoms with Crippen molar-refractivity contribution in [3.63, 3.8) is 0 Å². The van der Waals surface area contributed by atoms with Crippen LogP contribution < -0.4 is 5.73 Å². The first-order chi connectivity index (χ1) is 8.88. The molecule has 0 aliphatic rings. The van der Waals surface area contributed by atoms with Crippen molar-refractivity contribution in [2.24, 2.45) is 5.73 Å². The third-order valence-electron chi connectivity index (χ3n) is 3.04. The lowest BCUT2D eigenvalue weighted by Gasteiger charge is -2.21. The largest absolute Gasteiger partial charge is 0.326 e. The van der Waals surface area contributed by atoms with E-state index < -0.39 is 10.0 Å². The molecule has 0 radical (unpaired) electrons. The number of benzene rings is 1. The number of rotatable bonds is 6. The summed E-state index contributed by atoms with van der Waals surface area (Å²) in [5.41, 5.74) is 7.16. The van der Waals surface area contributed by atoms with Crippen LogP contribution in [0.25, 0.3) is 0 Å². The second-order valence-electron chi connectivity index (χ2n) is 4.40. The molecular formula is C13H21BrN2O2S. The highest BCUT2D eigenvalue weighted by Gasteiger charge is 2.25. The van der Waals surface area contributed by atoms with Crippen LogP contribution in [0, 0.1) is 6.92 Å². The molecule has 0 saturated carbocycles. The zero-order valence-electron chi connectivity index (χ0n) is 11.6. The van der Waals surface area contributed by atoms with Gasteiger partial charge in [0.25, 0.3) is 0 Å². The molecule has 1 aromatic carbocycles. The SMILES string of the molecule is CCCN(CC)S(=O)(=O)c1cc(CN)cc(Br)c1C. The molecular weight excluding hydrogens is 328 g/mol. The van der Waals surface area contributed by atoms with Gasteiger partial charge in [-0.2, -0.15) is 4.31 Å². The fourth-order valence-corrected chi connectivity index (χ4v) is 4.41. The predicted octanol–water partition coefficient (Wildman–Crippen LogP) is 2.64. The Bertz CT molecular complexity index is 544. The Kier molecular flexibility index (Phi) is 5.98. The Morgan fingerprint density at radius 1 is 1.32 bits per heavy atom. The lowest BCUT2D eigenvalue weighted by Crippen LogP contribution is -2.32. The van der Waals surface area contributed by atoms with Gasteiger partial charge in [-0.3, -0.25) is 0 Å². The van der Waals surface area contributed by atoms with Gasteiger partial charge in [0.05, 0.1) is 4.90 Å². The van der Waals surface area contributed by atoms with E-state index >= 15 is 0 Å². The van der Waals surface area contributed by atoms with Crippen molar-refractivity contribution in [3.8, 4) is 0 Å². The fourth-order valence-electron chi connectivity index (χ4n) is 1.93. The average molecular weight is 349 g/mol. The summed E-state index contributed by atoms with van der Waals surface area (Å²) in [5.74, 6) is 0. The lowest BCUT2D eigenvalue weighted by atomic mass is 10.1. The highest BCUT2D eigenvalue weighted by atomic mass is 79.9. The molecule has 0 unspecified atom stereocenters. The second kappa shape index (κ2) is 6.83. The van der Waals surface area contributed by atoms with Crippen molar-refractivity contribution in [3.05, 3.63) is 27.7 Å². The van der Waals surface area contributed by atoms with Crippen LogP contribution in [0.15, 0.2) is 21.5 Å². The Hall–Kier alpha value is -0.430. The highest BCUT2D eigenvalue weighted by Crippen LogP contribution is 2.28. The maximum Gasteiger partial charge on any atom is 0.243 e. The topological polar surface area (TPSA) is 63.4 Å². The van der Waals surface area contributed by atoms with E-state index in [1.807, 2.05) is 19.9 Å². The first-order valence-electron chi connectivity index (χ1n) is 6.37. The summed E-state index contributed by atoms with van der Waals surface area (Å²) < 4.78 is 27.6. The number of halogens is 1. The predicted molar refractivity (Wildman–Crippen MR) is 81.5 cm³/mol. The Balaban J connectivity index is 3.38. The minimum atomic E-state index is -3.45. The highest BCUT2D eigenvalue weighted by molar-refractivity contribution is 9.10. The summed E-state index contributed by atoms with van der Waals surface area (Å²) in [6.07, 6.45) is 0.796. The van der Waals surface area contributed by atoms with Gasteiger partial charge in [0.1, 0.15) is 0 Å². The van der Waals surface area contributed by atoms with Gasteiger partial charge in [-0.05, 0) is 36.6 Å². The van der Waals surface area contributed by atoms with Gasteiger partial charge in [-0.15, -0.1) is 0 Å². The van der Waals surface area contributed by atoms with E-state index in [9.17, 15) is 8.42 Å². The summed E-state index contributed by atoms with van der Waals surface area (Å²) in [6, 6.07) is 3.54. The van der Waals surface area contributed by atoms with E-state index in [1.54, 1.807) is 13.0 Å². The van der Waals surface area contributed by atoms with Crippen molar-refractivity contribution in [2.75, 3.05) is 13.1 Å². The summed E-state index contributed by atoms with van der Waals surface area (Å²) in [7, 11) is -3.45. The standard InChI is InChI=1S/C13H21BrN2O2S/c1-4-6-16(5-2)19(17,18)13-8-11(9-15)7-12(14)10(13)3/h7-8H,4-6,9,15H2,1-3H3. The zero-order valence-corrected chi connectivity index (χ0v) is 14.0. The van der Waals surface area contributed by atoms with E-state index in [4.69, 9.17) is 5.73 Å². The average Bonchev–Trinajstić information content (AvgIpc) is 2.38. The number of hydrogen-bond donors (Lipinski definition) is 1. The molecule has 0 saturated heterocycles. The van der Waals surface area contributed by atoms with Crippen molar-refractivity contribution in [1.82, 2.24) is 4.31 Å². The summed E-state index contributed by atoms with van der Waals surface area (Å²) in [4.78, 5) is 0.345. The first-order valence-corrected chi connectivity index (χ1v) is 8.61. The minimum absolute atomic E-state index is 0.321. The Labute approximate surface area is 124 Å². The van der Waals surface area contributed by atoms with E-state index in [0.29, 0.717) is 24.5 Å². The van der Waals surface area contributed by atoms with Crippen LogP contribution in [0.4, 0.5) is 0 Å². The van der Waals surface area contributed by atoms with Crippen molar-refractivity contribution in [1.29, 1.82) is 0 Å². The van der Waals surface area contributed by atoms with Crippen molar-refractivity contribution < 1.29 is 8.42 Å². The number of hydrogen-bond acceptors (Lipinski definition) is 3. The summed E-state index contributed by atoms with van der Waals surface area (Å²) in [6.45, 7) is 6.95. The molecule has 1 aromatic rings. The van der Waals surface area contributed by atoms with E-state index in [2.05, 4.69) is 15.9 Å². The molecule has 4 nitrogen and oxygen atoms in total. The van der Waals surface area contributed by atoms with Gasteiger partial charge in [-0.1, -0.05) is 29.8 Å². The van der Waals surface area contributed by atoms with Crippen molar-refractivity contribution in [2.45, 2.75) is 38.6 Å². The molecule has 0 aliphatic heterocycles. The fraction of sp³-hybridized carbons (Fsp3) is 0.538. The maximum absolute atomic E-state index is 12.7. The smallest absolute Gasteiger partial charge is 0.243 e. The minimum Gasteiger partial charge on any atom is -0.326 e. The molecule has 19 heavy (non-hydrogen) atoms. The van der Waals surface area contributed by atoms with Crippen LogP contribution in [-0.2, 0) is 16.6 Å². The molecule has 0 aromatic heterocycles.